The summed E-state index contributed by atoms with van der Waals surface area (Å²) in [5.41, 5.74) is 0.282. The maximum atomic E-state index is 12.9. The van der Waals surface area contributed by atoms with Crippen LogP contribution < -0.4 is 0 Å². The van der Waals surface area contributed by atoms with Gasteiger partial charge in [0.25, 0.3) is 0 Å². The Morgan fingerprint density at radius 3 is 2.04 bits per heavy atom. The fourth-order valence-electron chi connectivity index (χ4n) is 2.93. The summed E-state index contributed by atoms with van der Waals surface area (Å²) in [4.78, 5) is 50.7. The number of hydrogen-bond donors (Lipinski definition) is 0. The van der Waals surface area contributed by atoms with Crippen LogP contribution in [0.3, 0.4) is 0 Å². The van der Waals surface area contributed by atoms with E-state index in [4.69, 9.17) is 4.74 Å². The normalized spacial score (nSPS) is 13.4. The van der Waals surface area contributed by atoms with Crippen molar-refractivity contribution in [2.45, 2.75) is 13.3 Å². The predicted molar refractivity (Wildman–Crippen MR) is 94.2 cm³/mol. The summed E-state index contributed by atoms with van der Waals surface area (Å²) in [5.74, 6) is -2.26. The lowest BCUT2D eigenvalue weighted by Crippen LogP contribution is -2.28. The minimum absolute atomic E-state index is 0.110. The molecule has 1 aliphatic carbocycles. The fraction of sp³-hybridized carbons (Fsp3) is 0.143. The van der Waals surface area contributed by atoms with E-state index in [0.717, 1.165) is 0 Å². The number of esters is 1. The molecule has 0 saturated carbocycles. The molecule has 26 heavy (non-hydrogen) atoms. The van der Waals surface area contributed by atoms with Gasteiger partial charge in [-0.2, -0.15) is 0 Å². The zero-order chi connectivity index (χ0) is 18.7. The molecule has 2 aromatic rings. The molecule has 0 aromatic heterocycles. The highest BCUT2D eigenvalue weighted by Crippen LogP contribution is 2.30. The van der Waals surface area contributed by atoms with Crippen LogP contribution in [0.5, 0.6) is 0 Å². The third kappa shape index (κ3) is 3.11. The van der Waals surface area contributed by atoms with Gasteiger partial charge in [-0.05, 0) is 6.92 Å². The molecule has 0 heterocycles. The maximum absolute atomic E-state index is 12.9. The zero-order valence-corrected chi connectivity index (χ0v) is 14.2. The van der Waals surface area contributed by atoms with E-state index in [9.17, 15) is 19.2 Å². The van der Waals surface area contributed by atoms with Crippen LogP contribution >= 0.6 is 0 Å². The lowest BCUT2D eigenvalue weighted by Gasteiger charge is -2.20. The highest BCUT2D eigenvalue weighted by atomic mass is 16.5. The smallest absolute Gasteiger partial charge is 0.310 e. The number of Topliss-reactive ketones (excluding diaryl/α,β-unsaturated/α-hetero) is 3. The van der Waals surface area contributed by atoms with Crippen molar-refractivity contribution in [1.29, 1.82) is 0 Å². The molecule has 0 aliphatic heterocycles. The molecule has 0 saturated heterocycles. The van der Waals surface area contributed by atoms with E-state index in [-0.39, 0.29) is 34.4 Å². The Bertz CT molecular complexity index is 938. The van der Waals surface area contributed by atoms with E-state index >= 15 is 0 Å². The largest absolute Gasteiger partial charge is 0.466 e. The summed E-state index contributed by atoms with van der Waals surface area (Å²) in [6.45, 7) is 1.79. The number of rotatable bonds is 5. The number of hydrogen-bond acceptors (Lipinski definition) is 5. The van der Waals surface area contributed by atoms with Gasteiger partial charge >= 0.3 is 5.97 Å². The SMILES string of the molecule is CCOC(=O)CC1=C(C(=O)c2ccccc2)C(=O)c2ccccc2C1=O. The average Bonchev–Trinajstić information content (AvgIpc) is 2.66. The fourth-order valence-corrected chi connectivity index (χ4v) is 2.93. The van der Waals surface area contributed by atoms with Crippen LogP contribution in [0.25, 0.3) is 0 Å². The third-order valence-corrected chi connectivity index (χ3v) is 4.11. The van der Waals surface area contributed by atoms with Crippen molar-refractivity contribution < 1.29 is 23.9 Å². The molecule has 2 aromatic carbocycles. The van der Waals surface area contributed by atoms with Crippen LogP contribution in [0.4, 0.5) is 0 Å². The van der Waals surface area contributed by atoms with Gasteiger partial charge in [-0.25, -0.2) is 0 Å². The molecule has 0 fully saturated rings. The number of carbonyl (C=O) groups excluding carboxylic acids is 4. The summed E-state index contributed by atoms with van der Waals surface area (Å²) in [6.07, 6.45) is -0.416. The van der Waals surface area contributed by atoms with E-state index in [1.165, 1.54) is 12.1 Å². The van der Waals surface area contributed by atoms with Crippen molar-refractivity contribution in [3.8, 4) is 0 Å². The van der Waals surface area contributed by atoms with Crippen molar-refractivity contribution >= 4 is 23.3 Å². The second-order valence-corrected chi connectivity index (χ2v) is 5.73. The molecule has 0 atom stereocenters. The van der Waals surface area contributed by atoms with Crippen LogP contribution in [-0.4, -0.2) is 29.9 Å². The quantitative estimate of drug-likeness (QED) is 0.471. The highest BCUT2D eigenvalue weighted by molar-refractivity contribution is 6.39. The minimum Gasteiger partial charge on any atom is -0.466 e. The molecule has 0 bridgehead atoms. The van der Waals surface area contributed by atoms with Gasteiger partial charge in [0.15, 0.2) is 17.3 Å². The number of allylic oxidation sites excluding steroid dienone is 1. The van der Waals surface area contributed by atoms with E-state index in [0.29, 0.717) is 0 Å². The topological polar surface area (TPSA) is 77.5 Å². The van der Waals surface area contributed by atoms with Crippen molar-refractivity contribution in [2.24, 2.45) is 0 Å². The van der Waals surface area contributed by atoms with Crippen LogP contribution in [0.2, 0.25) is 0 Å². The Balaban J connectivity index is 2.15. The molecule has 3 rings (SSSR count). The molecule has 0 radical (unpaired) electrons. The molecule has 0 spiro atoms. The van der Waals surface area contributed by atoms with Gasteiger partial charge in [0.1, 0.15) is 0 Å². The van der Waals surface area contributed by atoms with Crippen molar-refractivity contribution in [1.82, 2.24) is 0 Å². The first-order valence-corrected chi connectivity index (χ1v) is 8.21. The van der Waals surface area contributed by atoms with E-state index < -0.39 is 29.7 Å². The van der Waals surface area contributed by atoms with Gasteiger partial charge in [0.05, 0.1) is 18.6 Å². The van der Waals surface area contributed by atoms with Gasteiger partial charge in [-0.1, -0.05) is 54.6 Å². The first kappa shape index (κ1) is 17.5. The second-order valence-electron chi connectivity index (χ2n) is 5.73. The molecule has 0 N–H and O–H groups in total. The molecule has 0 amide bonds. The number of carbonyl (C=O) groups is 4. The van der Waals surface area contributed by atoms with Crippen LogP contribution in [0.1, 0.15) is 44.4 Å². The Morgan fingerprint density at radius 1 is 0.846 bits per heavy atom. The molecular weight excluding hydrogens is 332 g/mol. The molecule has 5 heteroatoms. The second kappa shape index (κ2) is 7.27. The summed E-state index contributed by atoms with van der Waals surface area (Å²) >= 11 is 0. The third-order valence-electron chi connectivity index (χ3n) is 4.11. The number of fused-ring (bicyclic) bond motifs is 1. The summed E-state index contributed by atoms with van der Waals surface area (Å²) in [7, 11) is 0. The Morgan fingerprint density at radius 2 is 1.42 bits per heavy atom. The van der Waals surface area contributed by atoms with Gasteiger partial charge in [-0.15, -0.1) is 0 Å². The number of benzene rings is 2. The lowest BCUT2D eigenvalue weighted by atomic mass is 9.80. The number of ketones is 3. The van der Waals surface area contributed by atoms with Gasteiger partial charge < -0.3 is 4.74 Å². The van der Waals surface area contributed by atoms with Crippen molar-refractivity contribution in [2.75, 3.05) is 6.61 Å². The Labute approximate surface area is 150 Å². The van der Waals surface area contributed by atoms with Gasteiger partial charge in [0.2, 0.25) is 0 Å². The van der Waals surface area contributed by atoms with Gasteiger partial charge in [0, 0.05) is 22.3 Å². The van der Waals surface area contributed by atoms with E-state index in [2.05, 4.69) is 0 Å². The number of ether oxygens (including phenoxy) is 1. The van der Waals surface area contributed by atoms with Crippen LogP contribution in [0, 0.1) is 0 Å². The minimum atomic E-state index is -0.651. The van der Waals surface area contributed by atoms with Gasteiger partial charge in [-0.3, -0.25) is 19.2 Å². The summed E-state index contributed by atoms with van der Waals surface area (Å²) in [5, 5.41) is 0. The molecule has 0 unspecified atom stereocenters. The first-order chi connectivity index (χ1) is 12.5. The highest BCUT2D eigenvalue weighted by Gasteiger charge is 2.36. The molecule has 1 aliphatic rings. The van der Waals surface area contributed by atoms with Crippen molar-refractivity contribution in [3.05, 3.63) is 82.4 Å². The molecular formula is C21H16O5. The zero-order valence-electron chi connectivity index (χ0n) is 14.2. The van der Waals surface area contributed by atoms with E-state index in [1.807, 2.05) is 0 Å². The van der Waals surface area contributed by atoms with Crippen LogP contribution in [0.15, 0.2) is 65.7 Å². The first-order valence-electron chi connectivity index (χ1n) is 8.21. The van der Waals surface area contributed by atoms with Crippen molar-refractivity contribution in [3.63, 3.8) is 0 Å². The lowest BCUT2D eigenvalue weighted by molar-refractivity contribution is -0.142. The Hall–Kier alpha value is -3.34. The predicted octanol–water partition coefficient (Wildman–Crippen LogP) is 3.20. The molecule has 5 nitrogen and oxygen atoms in total. The monoisotopic (exact) mass is 348 g/mol. The standard InChI is InChI=1S/C21H16O5/c1-2-26-17(22)12-16-18(19(23)13-8-4-3-5-9-13)21(25)15-11-7-6-10-14(15)20(16)24/h3-11H,2,12H2,1H3. The maximum Gasteiger partial charge on any atom is 0.310 e. The average molecular weight is 348 g/mol. The summed E-state index contributed by atoms with van der Waals surface area (Å²) < 4.78 is 4.90. The Kier molecular flexibility index (Phi) is 4.89. The summed E-state index contributed by atoms with van der Waals surface area (Å²) in [6, 6.07) is 14.5. The van der Waals surface area contributed by atoms with Crippen LogP contribution in [-0.2, 0) is 9.53 Å². The van der Waals surface area contributed by atoms with E-state index in [1.54, 1.807) is 49.4 Å². The molecule has 130 valence electrons.